The van der Waals surface area contributed by atoms with E-state index in [0.717, 1.165) is 35.9 Å². The molecule has 0 fully saturated rings. The topological polar surface area (TPSA) is 46.8 Å². The second kappa shape index (κ2) is 7.06. The second-order valence-corrected chi connectivity index (χ2v) is 8.50. The van der Waals surface area contributed by atoms with Crippen molar-refractivity contribution in [3.63, 3.8) is 0 Å². The molecule has 27 heavy (non-hydrogen) atoms. The lowest BCUT2D eigenvalue weighted by molar-refractivity contribution is 0.185. The number of nitrogens with zero attached hydrogens (tertiary/aromatic N) is 5. The van der Waals surface area contributed by atoms with E-state index >= 15 is 0 Å². The normalized spacial score (nSPS) is 16.1. The van der Waals surface area contributed by atoms with E-state index < -0.39 is 0 Å². The van der Waals surface area contributed by atoms with Crippen LogP contribution in [0, 0.1) is 0 Å². The van der Waals surface area contributed by atoms with Crippen LogP contribution in [0.2, 0.25) is 5.02 Å². The molecule has 0 bridgehead atoms. The highest BCUT2D eigenvalue weighted by Crippen LogP contribution is 2.33. The van der Waals surface area contributed by atoms with E-state index in [1.807, 2.05) is 16.8 Å². The summed E-state index contributed by atoms with van der Waals surface area (Å²) in [6, 6.07) is 16.7. The van der Waals surface area contributed by atoms with Crippen molar-refractivity contribution in [1.82, 2.24) is 25.1 Å². The maximum atomic E-state index is 6.14. The number of hydrogen-bond acceptors (Lipinski definition) is 4. The largest absolute Gasteiger partial charge is 0.285 e. The third-order valence-corrected chi connectivity index (χ3v) is 5.34. The predicted octanol–water partition coefficient (Wildman–Crippen LogP) is 4.23. The third kappa shape index (κ3) is 3.62. The van der Waals surface area contributed by atoms with Crippen LogP contribution in [0.3, 0.4) is 0 Å². The minimum Gasteiger partial charge on any atom is -0.285 e. The first-order valence-corrected chi connectivity index (χ1v) is 9.66. The van der Waals surface area contributed by atoms with E-state index in [2.05, 4.69) is 77.6 Å². The molecule has 3 aromatic rings. The van der Waals surface area contributed by atoms with Gasteiger partial charge in [0.05, 0.1) is 11.6 Å². The van der Waals surface area contributed by atoms with E-state index in [1.54, 1.807) is 0 Å². The summed E-state index contributed by atoms with van der Waals surface area (Å²) in [6.45, 7) is 8.20. The molecule has 0 aliphatic carbocycles. The molecular formula is C21H24ClN5. The van der Waals surface area contributed by atoms with Gasteiger partial charge in [-0.3, -0.25) is 4.90 Å². The van der Waals surface area contributed by atoms with Crippen molar-refractivity contribution in [2.45, 2.75) is 45.3 Å². The van der Waals surface area contributed by atoms with Crippen LogP contribution in [0.4, 0.5) is 0 Å². The Kier molecular flexibility index (Phi) is 4.74. The quantitative estimate of drug-likeness (QED) is 0.681. The number of benzene rings is 2. The average molecular weight is 382 g/mol. The van der Waals surface area contributed by atoms with E-state index in [-0.39, 0.29) is 11.6 Å². The summed E-state index contributed by atoms with van der Waals surface area (Å²) in [5, 5.41) is 13.5. The highest BCUT2D eigenvalue weighted by molar-refractivity contribution is 6.30. The standard InChI is InChI=1S/C21H24ClN5/c1-21(2,3)27-20(23-24-25-27)19(16-8-10-18(22)11-9-16)26-13-12-15-6-4-5-7-17(15)14-26/h4-11,19H,12-14H2,1-3H3. The van der Waals surface area contributed by atoms with Gasteiger partial charge in [-0.05, 0) is 66.4 Å². The summed E-state index contributed by atoms with van der Waals surface area (Å²) in [5.41, 5.74) is 3.76. The molecule has 140 valence electrons. The fourth-order valence-corrected chi connectivity index (χ4v) is 3.87. The van der Waals surface area contributed by atoms with Crippen molar-refractivity contribution in [1.29, 1.82) is 0 Å². The molecule has 2 aromatic carbocycles. The molecule has 0 radical (unpaired) electrons. The van der Waals surface area contributed by atoms with Gasteiger partial charge in [0.15, 0.2) is 5.82 Å². The molecule has 1 unspecified atom stereocenters. The van der Waals surface area contributed by atoms with Crippen LogP contribution in [0.25, 0.3) is 0 Å². The first-order valence-electron chi connectivity index (χ1n) is 9.28. The lowest BCUT2D eigenvalue weighted by atomic mass is 9.95. The van der Waals surface area contributed by atoms with Crippen molar-refractivity contribution >= 4 is 11.6 Å². The summed E-state index contributed by atoms with van der Waals surface area (Å²) in [6.07, 6.45) is 1.03. The Balaban J connectivity index is 1.78. The van der Waals surface area contributed by atoms with Gasteiger partial charge in [-0.25, -0.2) is 4.68 Å². The zero-order chi connectivity index (χ0) is 19.0. The first kappa shape index (κ1) is 18.1. The molecule has 2 heterocycles. The molecular weight excluding hydrogens is 358 g/mol. The van der Waals surface area contributed by atoms with Gasteiger partial charge in [0.25, 0.3) is 0 Å². The fraction of sp³-hybridized carbons (Fsp3) is 0.381. The van der Waals surface area contributed by atoms with Crippen molar-refractivity contribution in [2.24, 2.45) is 0 Å². The van der Waals surface area contributed by atoms with E-state index in [1.165, 1.54) is 11.1 Å². The van der Waals surface area contributed by atoms with Crippen molar-refractivity contribution in [3.8, 4) is 0 Å². The molecule has 6 heteroatoms. The molecule has 0 saturated heterocycles. The number of halogens is 1. The molecule has 0 N–H and O–H groups in total. The van der Waals surface area contributed by atoms with Crippen LogP contribution in [0.5, 0.6) is 0 Å². The smallest absolute Gasteiger partial charge is 0.173 e. The SMILES string of the molecule is CC(C)(C)n1nnnc1C(c1ccc(Cl)cc1)N1CCc2ccccc2C1. The van der Waals surface area contributed by atoms with Gasteiger partial charge in [-0.1, -0.05) is 48.0 Å². The predicted molar refractivity (Wildman–Crippen MR) is 107 cm³/mol. The maximum Gasteiger partial charge on any atom is 0.173 e. The molecule has 0 spiro atoms. The monoisotopic (exact) mass is 381 g/mol. The summed E-state index contributed by atoms with van der Waals surface area (Å²) in [7, 11) is 0. The van der Waals surface area contributed by atoms with Crippen molar-refractivity contribution in [2.75, 3.05) is 6.54 Å². The zero-order valence-corrected chi connectivity index (χ0v) is 16.7. The molecule has 1 aromatic heterocycles. The number of hydrogen-bond donors (Lipinski definition) is 0. The molecule has 5 nitrogen and oxygen atoms in total. The summed E-state index contributed by atoms with van der Waals surface area (Å²) in [4.78, 5) is 2.46. The lowest BCUT2D eigenvalue weighted by Crippen LogP contribution is -2.38. The highest BCUT2D eigenvalue weighted by atomic mass is 35.5. The minimum atomic E-state index is -0.197. The number of tetrazole rings is 1. The fourth-order valence-electron chi connectivity index (χ4n) is 3.75. The molecule has 0 amide bonds. The van der Waals surface area contributed by atoms with Gasteiger partial charge in [0.2, 0.25) is 0 Å². The molecule has 1 atom stereocenters. The zero-order valence-electron chi connectivity index (χ0n) is 15.9. The Morgan fingerprint density at radius 3 is 2.41 bits per heavy atom. The number of rotatable bonds is 3. The van der Waals surface area contributed by atoms with Gasteiger partial charge in [0, 0.05) is 18.1 Å². The van der Waals surface area contributed by atoms with Crippen molar-refractivity contribution < 1.29 is 0 Å². The average Bonchev–Trinajstić information content (AvgIpc) is 3.13. The van der Waals surface area contributed by atoms with Gasteiger partial charge < -0.3 is 0 Å². The van der Waals surface area contributed by atoms with Crippen LogP contribution < -0.4 is 0 Å². The van der Waals surface area contributed by atoms with Gasteiger partial charge >= 0.3 is 0 Å². The van der Waals surface area contributed by atoms with Gasteiger partial charge in [-0.2, -0.15) is 0 Å². The summed E-state index contributed by atoms with van der Waals surface area (Å²) >= 11 is 6.14. The van der Waals surface area contributed by atoms with E-state index in [9.17, 15) is 0 Å². The highest BCUT2D eigenvalue weighted by Gasteiger charge is 2.33. The Hall–Kier alpha value is -2.24. The Bertz CT molecular complexity index is 926. The van der Waals surface area contributed by atoms with Crippen LogP contribution in [0.15, 0.2) is 48.5 Å². The van der Waals surface area contributed by atoms with Crippen LogP contribution in [-0.2, 0) is 18.5 Å². The third-order valence-electron chi connectivity index (χ3n) is 5.08. The van der Waals surface area contributed by atoms with Crippen LogP contribution in [0.1, 0.15) is 49.3 Å². The molecule has 1 aliphatic heterocycles. The number of aromatic nitrogens is 4. The second-order valence-electron chi connectivity index (χ2n) is 8.06. The van der Waals surface area contributed by atoms with Crippen LogP contribution >= 0.6 is 11.6 Å². The maximum absolute atomic E-state index is 6.14. The summed E-state index contributed by atoms with van der Waals surface area (Å²) < 4.78 is 1.94. The molecule has 0 saturated carbocycles. The van der Waals surface area contributed by atoms with Gasteiger partial charge in [-0.15, -0.1) is 5.10 Å². The Labute approximate surface area is 165 Å². The number of fused-ring (bicyclic) bond motifs is 1. The van der Waals surface area contributed by atoms with E-state index in [0.29, 0.717) is 0 Å². The summed E-state index contributed by atoms with van der Waals surface area (Å²) in [5.74, 6) is 0.865. The molecule has 1 aliphatic rings. The molecule has 4 rings (SSSR count). The van der Waals surface area contributed by atoms with Gasteiger partial charge in [0.1, 0.15) is 0 Å². The van der Waals surface area contributed by atoms with Crippen molar-refractivity contribution in [3.05, 3.63) is 76.1 Å². The first-order chi connectivity index (χ1) is 12.9. The Morgan fingerprint density at radius 2 is 1.70 bits per heavy atom. The Morgan fingerprint density at radius 1 is 1.00 bits per heavy atom. The lowest BCUT2D eigenvalue weighted by Gasteiger charge is -2.36. The minimum absolute atomic E-state index is 0.0233. The van der Waals surface area contributed by atoms with Crippen LogP contribution in [-0.4, -0.2) is 31.7 Å². The van der Waals surface area contributed by atoms with E-state index in [4.69, 9.17) is 11.6 Å².